The second-order valence-electron chi connectivity index (χ2n) is 8.16. The van der Waals surface area contributed by atoms with E-state index in [4.69, 9.17) is 15.1 Å². The predicted molar refractivity (Wildman–Crippen MR) is 129 cm³/mol. The van der Waals surface area contributed by atoms with Crippen LogP contribution in [0.25, 0.3) is 10.9 Å². The summed E-state index contributed by atoms with van der Waals surface area (Å²) < 4.78 is 10.5. The van der Waals surface area contributed by atoms with E-state index in [0.29, 0.717) is 35.5 Å². The number of nitrogens with zero attached hydrogens (tertiary/aromatic N) is 3. The lowest BCUT2D eigenvalue weighted by molar-refractivity contribution is 0.0949. The summed E-state index contributed by atoms with van der Waals surface area (Å²) in [5.74, 6) is -0.134. The lowest BCUT2D eigenvalue weighted by atomic mass is 10.1. The van der Waals surface area contributed by atoms with Crippen molar-refractivity contribution in [2.75, 3.05) is 19.8 Å². The van der Waals surface area contributed by atoms with Crippen LogP contribution in [0.1, 0.15) is 34.3 Å². The Labute approximate surface area is 200 Å². The van der Waals surface area contributed by atoms with Crippen LogP contribution in [0.4, 0.5) is 0 Å². The monoisotopic (exact) mass is 479 g/mol. The largest absolute Gasteiger partial charge is 0.475 e. The number of fused-ring (bicyclic) bond motifs is 1. The molecule has 0 unspecified atom stereocenters. The zero-order valence-electron chi connectivity index (χ0n) is 18.7. The number of carbonyl (C=O) groups excluding carboxylic acids is 1. The van der Waals surface area contributed by atoms with E-state index in [0.717, 1.165) is 18.4 Å². The number of amides is 1. The fourth-order valence-electron chi connectivity index (χ4n) is 3.51. The van der Waals surface area contributed by atoms with Crippen LogP contribution in [0.15, 0.2) is 47.4 Å². The van der Waals surface area contributed by atoms with Gasteiger partial charge in [-0.1, -0.05) is 24.1 Å². The molecular weight excluding hydrogens is 454 g/mol. The maximum absolute atomic E-state index is 13.0. The van der Waals surface area contributed by atoms with E-state index in [9.17, 15) is 9.59 Å². The first-order chi connectivity index (χ1) is 16.5. The molecule has 176 valence electrons. The first-order valence-corrected chi connectivity index (χ1v) is 11.7. The molecule has 0 saturated heterocycles. The van der Waals surface area contributed by atoms with Crippen LogP contribution in [0.2, 0.25) is 0 Å². The summed E-state index contributed by atoms with van der Waals surface area (Å²) in [4.78, 5) is 30.1. The topological polar surface area (TPSA) is 129 Å². The zero-order valence-corrected chi connectivity index (χ0v) is 19.5. The summed E-state index contributed by atoms with van der Waals surface area (Å²) in [6.07, 6.45) is 3.57. The van der Waals surface area contributed by atoms with Crippen molar-refractivity contribution >= 4 is 28.8 Å². The Morgan fingerprint density at radius 1 is 1.32 bits per heavy atom. The van der Waals surface area contributed by atoms with Gasteiger partial charge < -0.3 is 19.7 Å². The number of pyridine rings is 2. The van der Waals surface area contributed by atoms with Crippen molar-refractivity contribution in [3.05, 3.63) is 69.6 Å². The minimum atomic E-state index is -0.477. The highest BCUT2D eigenvalue weighted by Gasteiger charge is 2.45. The van der Waals surface area contributed by atoms with E-state index in [1.54, 1.807) is 61.6 Å². The number of aryl methyl sites for hydroxylation is 1. The highest BCUT2D eigenvalue weighted by Crippen LogP contribution is 2.47. The summed E-state index contributed by atoms with van der Waals surface area (Å²) >= 11 is 1.56. The van der Waals surface area contributed by atoms with Gasteiger partial charge in [-0.05, 0) is 42.7 Å². The van der Waals surface area contributed by atoms with E-state index in [-0.39, 0.29) is 23.5 Å². The maximum atomic E-state index is 13.0. The Bertz CT molecular complexity index is 1300. The zero-order chi connectivity index (χ0) is 24.1. The molecule has 3 aromatic rings. The lowest BCUT2D eigenvalue weighted by Gasteiger charge is -2.17. The van der Waals surface area contributed by atoms with Crippen molar-refractivity contribution in [1.82, 2.24) is 19.6 Å². The van der Waals surface area contributed by atoms with E-state index in [2.05, 4.69) is 21.1 Å². The van der Waals surface area contributed by atoms with Crippen molar-refractivity contribution < 1.29 is 14.6 Å². The second-order valence-corrected chi connectivity index (χ2v) is 9.52. The number of ether oxygens (including phenoxy) is 1. The van der Waals surface area contributed by atoms with Crippen LogP contribution in [-0.4, -0.2) is 45.1 Å². The third kappa shape index (κ3) is 5.22. The molecule has 1 aliphatic carbocycles. The fraction of sp³-hybridized carbons (Fsp3) is 0.333. The summed E-state index contributed by atoms with van der Waals surface area (Å²) in [7, 11) is 1.60. The minimum Gasteiger partial charge on any atom is -0.475 e. The molecule has 2 heterocycles. The average Bonchev–Trinajstić information content (AvgIpc) is 3.63. The molecule has 1 fully saturated rings. The summed E-state index contributed by atoms with van der Waals surface area (Å²) in [6, 6.07) is 12.2. The Kier molecular flexibility index (Phi) is 7.17. The molecule has 4 rings (SSSR count). The number of rotatable bonds is 10. The summed E-state index contributed by atoms with van der Waals surface area (Å²) in [5.41, 5.74) is 1.48. The first kappa shape index (κ1) is 23.8. The molecule has 0 radical (unpaired) electrons. The maximum Gasteiger partial charge on any atom is 0.263 e. The number of carbonyl (C=O) groups is 1. The van der Waals surface area contributed by atoms with E-state index in [1.807, 2.05) is 0 Å². The molecule has 2 aromatic heterocycles. The third-order valence-corrected chi connectivity index (χ3v) is 6.96. The molecule has 34 heavy (non-hydrogen) atoms. The van der Waals surface area contributed by atoms with Crippen LogP contribution in [-0.2, 0) is 13.6 Å². The molecule has 0 bridgehead atoms. The highest BCUT2D eigenvalue weighted by atomic mass is 32.2. The average molecular weight is 480 g/mol. The Hall–Kier alpha value is -3.39. The SMILES string of the molecule is Cn1c(=O)c(C(=O)NCc2ccc(C#N)cc2)cc2ccnc(OCC3(SNCCO)CC3)c21. The van der Waals surface area contributed by atoms with Crippen LogP contribution in [0.3, 0.4) is 0 Å². The predicted octanol–water partition coefficient (Wildman–Crippen LogP) is 1.88. The van der Waals surface area contributed by atoms with Gasteiger partial charge in [-0.15, -0.1) is 0 Å². The Morgan fingerprint density at radius 2 is 2.09 bits per heavy atom. The van der Waals surface area contributed by atoms with Gasteiger partial charge in [0.15, 0.2) is 0 Å². The van der Waals surface area contributed by atoms with Gasteiger partial charge in [-0.3, -0.25) is 14.3 Å². The van der Waals surface area contributed by atoms with E-state index in [1.165, 1.54) is 4.57 Å². The second kappa shape index (κ2) is 10.3. The fourth-order valence-corrected chi connectivity index (χ4v) is 4.43. The number of aromatic nitrogens is 2. The smallest absolute Gasteiger partial charge is 0.263 e. The molecule has 0 aliphatic heterocycles. The normalized spacial score (nSPS) is 13.9. The molecule has 10 heteroatoms. The highest BCUT2D eigenvalue weighted by molar-refractivity contribution is 7.99. The molecule has 1 amide bonds. The molecular formula is C24H25N5O4S. The van der Waals surface area contributed by atoms with Crippen LogP contribution in [0, 0.1) is 11.3 Å². The Balaban J connectivity index is 1.50. The molecule has 1 aromatic carbocycles. The number of benzene rings is 1. The molecule has 0 spiro atoms. The van der Waals surface area contributed by atoms with Gasteiger partial charge in [-0.25, -0.2) is 4.98 Å². The van der Waals surface area contributed by atoms with Crippen molar-refractivity contribution in [3.8, 4) is 11.9 Å². The molecule has 0 atom stereocenters. The van der Waals surface area contributed by atoms with Gasteiger partial charge in [0.05, 0.1) is 23.0 Å². The van der Waals surface area contributed by atoms with E-state index < -0.39 is 11.5 Å². The minimum absolute atomic E-state index is 0.0308. The number of nitrogens with one attached hydrogen (secondary N) is 2. The van der Waals surface area contributed by atoms with Gasteiger partial charge in [0, 0.05) is 31.7 Å². The number of hydrogen-bond acceptors (Lipinski definition) is 8. The van der Waals surface area contributed by atoms with Gasteiger partial charge in [0.25, 0.3) is 11.5 Å². The number of aliphatic hydroxyl groups excluding tert-OH is 1. The molecule has 1 saturated carbocycles. The van der Waals surface area contributed by atoms with Crippen molar-refractivity contribution in [1.29, 1.82) is 5.26 Å². The molecule has 9 nitrogen and oxygen atoms in total. The van der Waals surface area contributed by atoms with E-state index >= 15 is 0 Å². The van der Waals surface area contributed by atoms with Crippen LogP contribution in [0.5, 0.6) is 5.88 Å². The van der Waals surface area contributed by atoms with Crippen molar-refractivity contribution in [3.63, 3.8) is 0 Å². The summed E-state index contributed by atoms with van der Waals surface area (Å²) in [6.45, 7) is 1.23. The standard InChI is InChI=1S/C24H25N5O4S/c1-29-20-18(6-9-26-22(20)33-15-24(7-8-24)34-28-10-11-30)12-19(23(29)32)21(31)27-14-17-4-2-16(13-25)3-5-17/h2-6,9,12,28,30H,7-8,10-11,14-15H2,1H3,(H,27,31). The van der Waals surface area contributed by atoms with Gasteiger partial charge in [-0.2, -0.15) is 5.26 Å². The van der Waals surface area contributed by atoms with Gasteiger partial charge in [0.1, 0.15) is 17.7 Å². The number of aliphatic hydroxyl groups is 1. The lowest BCUT2D eigenvalue weighted by Crippen LogP contribution is -2.32. The number of nitriles is 1. The Morgan fingerprint density at radius 3 is 2.76 bits per heavy atom. The van der Waals surface area contributed by atoms with Crippen molar-refractivity contribution in [2.45, 2.75) is 24.1 Å². The summed E-state index contributed by atoms with van der Waals surface area (Å²) in [5, 5.41) is 21.3. The molecule has 1 aliphatic rings. The van der Waals surface area contributed by atoms with Crippen LogP contribution < -0.4 is 20.3 Å². The van der Waals surface area contributed by atoms with Crippen LogP contribution >= 0.6 is 11.9 Å². The first-order valence-electron chi connectivity index (χ1n) is 10.9. The number of hydrogen-bond donors (Lipinski definition) is 3. The third-order valence-electron chi connectivity index (χ3n) is 5.66. The van der Waals surface area contributed by atoms with Crippen molar-refractivity contribution in [2.24, 2.45) is 7.05 Å². The van der Waals surface area contributed by atoms with Gasteiger partial charge >= 0.3 is 0 Å². The van der Waals surface area contributed by atoms with Gasteiger partial charge in [0.2, 0.25) is 5.88 Å². The quantitative estimate of drug-likeness (QED) is 0.297. The molecule has 3 N–H and O–H groups in total.